The zero-order valence-corrected chi connectivity index (χ0v) is 19.7. The third-order valence-corrected chi connectivity index (χ3v) is 6.99. The number of aromatic nitrogens is 2. The van der Waals surface area contributed by atoms with Crippen LogP contribution in [0.3, 0.4) is 0 Å². The van der Waals surface area contributed by atoms with Crippen LogP contribution >= 0.6 is 33.9 Å². The molecule has 3 aromatic rings. The van der Waals surface area contributed by atoms with E-state index in [9.17, 15) is 4.79 Å². The summed E-state index contributed by atoms with van der Waals surface area (Å²) in [5, 5.41) is 4.12. The molecule has 1 aliphatic rings. The van der Waals surface area contributed by atoms with Crippen LogP contribution in [-0.4, -0.2) is 28.5 Å². The summed E-state index contributed by atoms with van der Waals surface area (Å²) in [6.45, 7) is 6.95. The fourth-order valence-corrected chi connectivity index (χ4v) is 4.98. The molecule has 152 valence electrons. The minimum absolute atomic E-state index is 0.0940. The summed E-state index contributed by atoms with van der Waals surface area (Å²) in [7, 11) is 0. The number of aryl methyl sites for hydroxylation is 2. The highest BCUT2D eigenvalue weighted by molar-refractivity contribution is 14.1. The molecule has 0 radical (unpaired) electrons. The lowest BCUT2D eigenvalue weighted by molar-refractivity contribution is 0.101. The number of carbonyl (C=O) groups is 1. The maximum Gasteiger partial charge on any atom is 0.272 e. The van der Waals surface area contributed by atoms with Gasteiger partial charge in [0.1, 0.15) is 5.69 Å². The number of thiazole rings is 1. The van der Waals surface area contributed by atoms with E-state index in [1.54, 1.807) is 11.3 Å². The van der Waals surface area contributed by atoms with E-state index in [-0.39, 0.29) is 5.91 Å². The second kappa shape index (κ2) is 8.87. The summed E-state index contributed by atoms with van der Waals surface area (Å²) in [5.41, 5.74) is 3.59. The molecule has 1 fully saturated rings. The molecule has 3 heterocycles. The van der Waals surface area contributed by atoms with Crippen molar-refractivity contribution in [3.8, 4) is 0 Å². The van der Waals surface area contributed by atoms with Crippen molar-refractivity contribution >= 4 is 50.7 Å². The third-order valence-electron chi connectivity index (χ3n) is 5.20. The van der Waals surface area contributed by atoms with Gasteiger partial charge in [0, 0.05) is 33.4 Å². The zero-order chi connectivity index (χ0) is 20.4. The molecule has 29 heavy (non-hydrogen) atoms. The molecule has 0 saturated carbocycles. The number of nitrogens with one attached hydrogen (secondary N) is 1. The van der Waals surface area contributed by atoms with Gasteiger partial charge in [0.15, 0.2) is 5.13 Å². The molecular weight excluding hydrogens is 495 g/mol. The van der Waals surface area contributed by atoms with Crippen LogP contribution in [0.5, 0.6) is 0 Å². The normalized spacial score (nSPS) is 14.2. The van der Waals surface area contributed by atoms with Gasteiger partial charge in [0.2, 0.25) is 0 Å². The number of hydrogen-bond acceptors (Lipinski definition) is 4. The Kier molecular flexibility index (Phi) is 6.24. The van der Waals surface area contributed by atoms with Crippen molar-refractivity contribution in [3.63, 3.8) is 0 Å². The van der Waals surface area contributed by atoms with Crippen LogP contribution in [0.25, 0.3) is 0 Å². The lowest BCUT2D eigenvalue weighted by Gasteiger charge is -2.25. The first-order chi connectivity index (χ1) is 14.0. The number of anilines is 2. The number of carbonyl (C=O) groups excluding carboxylic acids is 1. The predicted octanol–water partition coefficient (Wildman–Crippen LogP) is 5.46. The van der Waals surface area contributed by atoms with Gasteiger partial charge >= 0.3 is 0 Å². The summed E-state index contributed by atoms with van der Waals surface area (Å²) < 4.78 is 3.16. The zero-order valence-electron chi connectivity index (χ0n) is 16.7. The summed E-state index contributed by atoms with van der Waals surface area (Å²) in [5.74, 6) is -0.0940. The van der Waals surface area contributed by atoms with Crippen LogP contribution < -0.4 is 10.2 Å². The van der Waals surface area contributed by atoms with Gasteiger partial charge in [-0.2, -0.15) is 0 Å². The Morgan fingerprint density at radius 1 is 1.17 bits per heavy atom. The number of amides is 1. The molecule has 1 amide bonds. The first kappa shape index (κ1) is 20.4. The van der Waals surface area contributed by atoms with E-state index in [1.165, 1.54) is 24.1 Å². The fraction of sp³-hybridized carbons (Fsp3) is 0.364. The highest BCUT2D eigenvalue weighted by Crippen LogP contribution is 2.29. The number of halogens is 1. The van der Waals surface area contributed by atoms with Crippen LogP contribution in [-0.2, 0) is 6.54 Å². The number of benzene rings is 1. The molecule has 2 aromatic heterocycles. The predicted molar refractivity (Wildman–Crippen MR) is 128 cm³/mol. The minimum atomic E-state index is -0.0940. The van der Waals surface area contributed by atoms with Crippen LogP contribution in [0.15, 0.2) is 36.5 Å². The lowest BCUT2D eigenvalue weighted by Crippen LogP contribution is -2.29. The van der Waals surface area contributed by atoms with E-state index in [4.69, 9.17) is 4.98 Å². The van der Waals surface area contributed by atoms with Crippen LogP contribution in [0, 0.1) is 17.4 Å². The fourth-order valence-electron chi connectivity index (χ4n) is 3.65. The van der Waals surface area contributed by atoms with E-state index >= 15 is 0 Å². The van der Waals surface area contributed by atoms with E-state index in [0.29, 0.717) is 12.2 Å². The Hall–Kier alpha value is -1.87. The Morgan fingerprint density at radius 2 is 1.90 bits per heavy atom. The number of nitrogens with zero attached hydrogens (tertiary/aromatic N) is 3. The number of hydrogen-bond donors (Lipinski definition) is 1. The summed E-state index contributed by atoms with van der Waals surface area (Å²) >= 11 is 4.02. The van der Waals surface area contributed by atoms with Crippen molar-refractivity contribution in [2.75, 3.05) is 23.3 Å². The number of piperidine rings is 1. The molecule has 1 aromatic carbocycles. The topological polar surface area (TPSA) is 50.2 Å². The average molecular weight is 520 g/mol. The highest BCUT2D eigenvalue weighted by Gasteiger charge is 2.19. The van der Waals surface area contributed by atoms with Crippen molar-refractivity contribution in [2.45, 2.75) is 39.7 Å². The minimum Gasteiger partial charge on any atom is -0.348 e. The molecule has 0 atom stereocenters. The standard InChI is InChI=1S/C22H25IN4OS/c1-15-12-20(21(28)24-18-8-6-17(23)7-9-18)27(13-15)14-19-16(2)29-22(25-19)26-10-4-3-5-11-26/h6-9,12-13H,3-5,10-11,14H2,1-2H3,(H,24,28). The van der Waals surface area contributed by atoms with Crippen LogP contribution in [0.1, 0.15) is 45.9 Å². The Bertz CT molecular complexity index is 1000. The van der Waals surface area contributed by atoms with Gasteiger partial charge in [-0.3, -0.25) is 4.79 Å². The van der Waals surface area contributed by atoms with Gasteiger partial charge < -0.3 is 14.8 Å². The van der Waals surface area contributed by atoms with Crippen molar-refractivity contribution in [2.24, 2.45) is 0 Å². The summed E-state index contributed by atoms with van der Waals surface area (Å²) in [4.78, 5) is 21.4. The molecule has 5 nitrogen and oxygen atoms in total. The van der Waals surface area contributed by atoms with E-state index in [2.05, 4.69) is 39.7 Å². The molecule has 0 spiro atoms. The molecule has 1 saturated heterocycles. The van der Waals surface area contributed by atoms with Gasteiger partial charge in [-0.05, 0) is 91.6 Å². The molecule has 1 N–H and O–H groups in total. The molecule has 4 rings (SSSR count). The molecule has 0 bridgehead atoms. The quantitative estimate of drug-likeness (QED) is 0.455. The second-order valence-electron chi connectivity index (χ2n) is 7.54. The summed E-state index contributed by atoms with van der Waals surface area (Å²) in [6.07, 6.45) is 5.83. The molecule has 1 aliphatic heterocycles. The molecule has 7 heteroatoms. The number of rotatable bonds is 5. The monoisotopic (exact) mass is 520 g/mol. The first-order valence-electron chi connectivity index (χ1n) is 9.94. The van der Waals surface area contributed by atoms with Gasteiger partial charge in [0.25, 0.3) is 5.91 Å². The van der Waals surface area contributed by atoms with Crippen molar-refractivity contribution in [1.29, 1.82) is 0 Å². The molecule has 0 aliphatic carbocycles. The molecule has 0 unspecified atom stereocenters. The summed E-state index contributed by atoms with van der Waals surface area (Å²) in [6, 6.07) is 9.77. The Balaban J connectivity index is 1.53. The lowest BCUT2D eigenvalue weighted by atomic mass is 10.1. The van der Waals surface area contributed by atoms with Crippen LogP contribution in [0.4, 0.5) is 10.8 Å². The first-order valence-corrected chi connectivity index (χ1v) is 11.8. The van der Waals surface area contributed by atoms with Gasteiger partial charge in [-0.25, -0.2) is 4.98 Å². The average Bonchev–Trinajstić information content (AvgIpc) is 3.27. The van der Waals surface area contributed by atoms with E-state index in [0.717, 1.165) is 38.7 Å². The van der Waals surface area contributed by atoms with E-state index in [1.807, 2.05) is 48.0 Å². The van der Waals surface area contributed by atoms with Crippen molar-refractivity contribution in [1.82, 2.24) is 9.55 Å². The maximum atomic E-state index is 12.9. The van der Waals surface area contributed by atoms with Gasteiger partial charge in [-0.15, -0.1) is 11.3 Å². The highest BCUT2D eigenvalue weighted by atomic mass is 127. The Labute approximate surface area is 189 Å². The maximum absolute atomic E-state index is 12.9. The SMILES string of the molecule is Cc1cc(C(=O)Nc2ccc(I)cc2)n(Cc2nc(N3CCCCC3)sc2C)c1. The van der Waals surface area contributed by atoms with Gasteiger partial charge in [-0.1, -0.05) is 0 Å². The second-order valence-corrected chi connectivity index (χ2v) is 9.97. The van der Waals surface area contributed by atoms with Gasteiger partial charge in [0.05, 0.1) is 12.2 Å². The van der Waals surface area contributed by atoms with E-state index < -0.39 is 0 Å². The smallest absolute Gasteiger partial charge is 0.272 e. The largest absolute Gasteiger partial charge is 0.348 e. The van der Waals surface area contributed by atoms with Crippen molar-refractivity contribution < 1.29 is 4.79 Å². The van der Waals surface area contributed by atoms with Crippen LogP contribution in [0.2, 0.25) is 0 Å². The molecular formula is C22H25IN4OS. The Morgan fingerprint density at radius 3 is 2.62 bits per heavy atom. The third kappa shape index (κ3) is 4.83. The van der Waals surface area contributed by atoms with Crippen molar-refractivity contribution in [3.05, 3.63) is 61.9 Å².